The Kier molecular flexibility index (Phi) is 5.77. The molecule has 9 heteroatoms. The molecular formula is C20H16FN3O3S2. The van der Waals surface area contributed by atoms with Crippen molar-refractivity contribution in [3.63, 3.8) is 0 Å². The predicted octanol–water partition coefficient (Wildman–Crippen LogP) is 5.31. The number of methoxy groups -OCH3 is 2. The smallest absolute Gasteiger partial charge is 0.277 e. The Morgan fingerprint density at radius 1 is 1.07 bits per heavy atom. The Labute approximate surface area is 174 Å². The molecule has 2 aromatic carbocycles. The largest absolute Gasteiger partial charge is 0.497 e. The standard InChI is InChI=1S/C20H16FN3O3S2/c1-25-14-7-12(8-15(9-14)26-2)18-23-24-20(27-18)29-11-13-10-28-19(22-13)16-5-3-4-6-17(16)21/h3-10H,11H2,1-2H3. The highest BCUT2D eigenvalue weighted by atomic mass is 32.2. The molecule has 4 rings (SSSR count). The van der Waals surface area contributed by atoms with Gasteiger partial charge in [-0.15, -0.1) is 21.5 Å². The number of aromatic nitrogens is 3. The summed E-state index contributed by atoms with van der Waals surface area (Å²) in [6.07, 6.45) is 0. The summed E-state index contributed by atoms with van der Waals surface area (Å²) < 4.78 is 30.2. The summed E-state index contributed by atoms with van der Waals surface area (Å²) in [7, 11) is 3.16. The monoisotopic (exact) mass is 429 g/mol. The fraction of sp³-hybridized carbons (Fsp3) is 0.150. The zero-order valence-electron chi connectivity index (χ0n) is 15.6. The second-order valence-electron chi connectivity index (χ2n) is 5.89. The maximum Gasteiger partial charge on any atom is 0.277 e. The van der Waals surface area contributed by atoms with Crippen LogP contribution in [0.3, 0.4) is 0 Å². The number of hydrogen-bond acceptors (Lipinski definition) is 8. The van der Waals surface area contributed by atoms with E-state index in [0.29, 0.717) is 44.5 Å². The average molecular weight is 429 g/mol. The molecule has 0 saturated heterocycles. The SMILES string of the molecule is COc1cc(OC)cc(-c2nnc(SCc3csc(-c4ccccc4F)n3)o2)c1. The number of rotatable bonds is 7. The van der Waals surface area contributed by atoms with Crippen molar-refractivity contribution in [2.75, 3.05) is 14.2 Å². The van der Waals surface area contributed by atoms with E-state index in [1.54, 1.807) is 50.6 Å². The number of nitrogens with zero attached hydrogens (tertiary/aromatic N) is 3. The normalized spacial score (nSPS) is 10.9. The zero-order valence-corrected chi connectivity index (χ0v) is 17.2. The molecule has 0 spiro atoms. The van der Waals surface area contributed by atoms with E-state index in [2.05, 4.69) is 15.2 Å². The number of halogens is 1. The van der Waals surface area contributed by atoms with E-state index in [-0.39, 0.29) is 5.82 Å². The van der Waals surface area contributed by atoms with Crippen LogP contribution in [0.15, 0.2) is 57.5 Å². The first kappa shape index (κ1) is 19.4. The summed E-state index contributed by atoms with van der Waals surface area (Å²) in [5.74, 6) is 1.89. The van der Waals surface area contributed by atoms with Crippen molar-refractivity contribution in [3.05, 3.63) is 59.4 Å². The van der Waals surface area contributed by atoms with Crippen LogP contribution in [-0.4, -0.2) is 29.4 Å². The second kappa shape index (κ2) is 8.62. The molecule has 2 aromatic heterocycles. The van der Waals surface area contributed by atoms with Gasteiger partial charge in [-0.05, 0) is 24.3 Å². The molecule has 0 saturated carbocycles. The van der Waals surface area contributed by atoms with Gasteiger partial charge in [-0.2, -0.15) is 0 Å². The first-order chi connectivity index (χ1) is 14.2. The van der Waals surface area contributed by atoms with Crippen LogP contribution in [-0.2, 0) is 5.75 Å². The molecule has 0 aliphatic carbocycles. The number of hydrogen-bond donors (Lipinski definition) is 0. The summed E-state index contributed by atoms with van der Waals surface area (Å²) in [6, 6.07) is 12.0. The summed E-state index contributed by atoms with van der Waals surface area (Å²) in [4.78, 5) is 4.50. The van der Waals surface area contributed by atoms with Crippen LogP contribution in [0, 0.1) is 5.82 Å². The third-order valence-electron chi connectivity index (χ3n) is 4.00. The van der Waals surface area contributed by atoms with Crippen LogP contribution < -0.4 is 9.47 Å². The van der Waals surface area contributed by atoms with Crippen molar-refractivity contribution < 1.29 is 18.3 Å². The summed E-state index contributed by atoms with van der Waals surface area (Å²) in [6.45, 7) is 0. The number of ether oxygens (including phenoxy) is 2. The van der Waals surface area contributed by atoms with E-state index in [4.69, 9.17) is 13.9 Å². The number of thioether (sulfide) groups is 1. The topological polar surface area (TPSA) is 70.3 Å². The van der Waals surface area contributed by atoms with Gasteiger partial charge in [0.2, 0.25) is 5.89 Å². The minimum absolute atomic E-state index is 0.281. The van der Waals surface area contributed by atoms with E-state index in [1.807, 2.05) is 5.38 Å². The molecule has 4 aromatic rings. The van der Waals surface area contributed by atoms with Crippen LogP contribution >= 0.6 is 23.1 Å². The van der Waals surface area contributed by atoms with Crippen molar-refractivity contribution in [1.82, 2.24) is 15.2 Å². The minimum Gasteiger partial charge on any atom is -0.497 e. The minimum atomic E-state index is -0.281. The van der Waals surface area contributed by atoms with Gasteiger partial charge in [-0.3, -0.25) is 0 Å². The number of benzene rings is 2. The molecule has 6 nitrogen and oxygen atoms in total. The average Bonchev–Trinajstić information content (AvgIpc) is 3.42. The molecule has 0 aliphatic heterocycles. The lowest BCUT2D eigenvalue weighted by atomic mass is 10.2. The zero-order chi connectivity index (χ0) is 20.2. The molecule has 0 aliphatic rings. The van der Waals surface area contributed by atoms with E-state index in [0.717, 1.165) is 5.69 Å². The quantitative estimate of drug-likeness (QED) is 0.369. The van der Waals surface area contributed by atoms with Crippen molar-refractivity contribution in [2.24, 2.45) is 0 Å². The molecule has 2 heterocycles. The molecular weight excluding hydrogens is 413 g/mol. The Morgan fingerprint density at radius 3 is 2.55 bits per heavy atom. The predicted molar refractivity (Wildman–Crippen MR) is 110 cm³/mol. The van der Waals surface area contributed by atoms with Gasteiger partial charge in [0, 0.05) is 28.3 Å². The fourth-order valence-electron chi connectivity index (χ4n) is 2.58. The van der Waals surface area contributed by atoms with E-state index in [9.17, 15) is 4.39 Å². The lowest BCUT2D eigenvalue weighted by Crippen LogP contribution is -1.88. The molecule has 148 valence electrons. The van der Waals surface area contributed by atoms with Crippen LogP contribution in [0.4, 0.5) is 4.39 Å². The number of thiazole rings is 1. The van der Waals surface area contributed by atoms with Gasteiger partial charge >= 0.3 is 0 Å². The summed E-state index contributed by atoms with van der Waals surface area (Å²) in [5, 5.41) is 11.1. The molecule has 0 N–H and O–H groups in total. The molecule has 29 heavy (non-hydrogen) atoms. The summed E-state index contributed by atoms with van der Waals surface area (Å²) in [5.41, 5.74) is 2.03. The highest BCUT2D eigenvalue weighted by molar-refractivity contribution is 7.98. The second-order valence-corrected chi connectivity index (χ2v) is 7.67. The van der Waals surface area contributed by atoms with E-state index >= 15 is 0 Å². The summed E-state index contributed by atoms with van der Waals surface area (Å²) >= 11 is 2.77. The maximum absolute atomic E-state index is 13.9. The first-order valence-electron chi connectivity index (χ1n) is 8.55. The molecule has 0 radical (unpaired) electrons. The fourth-order valence-corrected chi connectivity index (χ4v) is 4.19. The van der Waals surface area contributed by atoms with Crippen molar-refractivity contribution in [2.45, 2.75) is 11.0 Å². The van der Waals surface area contributed by atoms with Crippen LogP contribution in [0.25, 0.3) is 22.0 Å². The van der Waals surface area contributed by atoms with Gasteiger partial charge in [-0.25, -0.2) is 9.37 Å². The van der Waals surface area contributed by atoms with Gasteiger partial charge in [0.15, 0.2) is 0 Å². The van der Waals surface area contributed by atoms with Crippen molar-refractivity contribution >= 4 is 23.1 Å². The van der Waals surface area contributed by atoms with Gasteiger partial charge in [-0.1, -0.05) is 23.9 Å². The molecule has 0 bridgehead atoms. The van der Waals surface area contributed by atoms with Crippen LogP contribution in [0.1, 0.15) is 5.69 Å². The molecule has 0 amide bonds. The molecule has 0 fully saturated rings. The van der Waals surface area contributed by atoms with Crippen LogP contribution in [0.2, 0.25) is 0 Å². The van der Waals surface area contributed by atoms with Crippen LogP contribution in [0.5, 0.6) is 11.5 Å². The van der Waals surface area contributed by atoms with Gasteiger partial charge in [0.25, 0.3) is 5.22 Å². The van der Waals surface area contributed by atoms with Gasteiger partial charge in [0.05, 0.1) is 19.9 Å². The van der Waals surface area contributed by atoms with Crippen molar-refractivity contribution in [1.29, 1.82) is 0 Å². The Hall–Kier alpha value is -2.91. The van der Waals surface area contributed by atoms with E-state index in [1.165, 1.54) is 29.2 Å². The Bertz CT molecular complexity index is 1110. The van der Waals surface area contributed by atoms with Crippen molar-refractivity contribution in [3.8, 4) is 33.5 Å². The highest BCUT2D eigenvalue weighted by Crippen LogP contribution is 2.32. The lowest BCUT2D eigenvalue weighted by molar-refractivity contribution is 0.394. The van der Waals surface area contributed by atoms with E-state index < -0.39 is 0 Å². The molecule has 0 unspecified atom stereocenters. The lowest BCUT2D eigenvalue weighted by Gasteiger charge is -2.05. The maximum atomic E-state index is 13.9. The third-order valence-corrected chi connectivity index (χ3v) is 5.78. The molecule has 0 atom stereocenters. The highest BCUT2D eigenvalue weighted by Gasteiger charge is 2.14. The third kappa shape index (κ3) is 4.41. The first-order valence-corrected chi connectivity index (χ1v) is 10.4. The Balaban J connectivity index is 1.46. The van der Waals surface area contributed by atoms with Gasteiger partial charge < -0.3 is 13.9 Å². The Morgan fingerprint density at radius 2 is 1.83 bits per heavy atom. The van der Waals surface area contributed by atoms with Gasteiger partial charge in [0.1, 0.15) is 22.3 Å².